The molecule has 0 aliphatic carbocycles. The third kappa shape index (κ3) is 5.45. The molecule has 3 aromatic rings. The highest BCUT2D eigenvalue weighted by atomic mass is 32.2. The molecule has 0 spiro atoms. The van der Waals surface area contributed by atoms with Gasteiger partial charge in [0.25, 0.3) is 0 Å². The van der Waals surface area contributed by atoms with Gasteiger partial charge in [-0.3, -0.25) is 4.79 Å². The standard InChI is InChI=1S/C25H34N4O3S/c1-7-29(8-2)33(31,32)20-13-14-22-21(17-20)27-23(28(22)6)15-16-24(30)26-19-11-9-18(10-12-19)25(3,4)5/h9-14,17H,7-8,15-16H2,1-6H3,(H,26,30). The van der Waals surface area contributed by atoms with Gasteiger partial charge in [-0.1, -0.05) is 46.8 Å². The number of rotatable bonds is 8. The normalized spacial score (nSPS) is 12.5. The van der Waals surface area contributed by atoms with Crippen LogP contribution in [-0.2, 0) is 33.7 Å². The number of fused-ring (bicyclic) bond motifs is 1. The van der Waals surface area contributed by atoms with Gasteiger partial charge < -0.3 is 9.88 Å². The quantitative estimate of drug-likeness (QED) is 0.526. The Morgan fingerprint density at radius 1 is 1.06 bits per heavy atom. The first kappa shape index (κ1) is 24.9. The van der Waals surface area contributed by atoms with E-state index in [1.54, 1.807) is 18.2 Å². The van der Waals surface area contributed by atoms with Crippen molar-refractivity contribution in [2.75, 3.05) is 18.4 Å². The number of hydrogen-bond acceptors (Lipinski definition) is 4. The summed E-state index contributed by atoms with van der Waals surface area (Å²) >= 11 is 0. The van der Waals surface area contributed by atoms with Gasteiger partial charge >= 0.3 is 0 Å². The Kier molecular flexibility index (Phi) is 7.29. The smallest absolute Gasteiger partial charge is 0.243 e. The van der Waals surface area contributed by atoms with Crippen LogP contribution in [0, 0.1) is 0 Å². The molecule has 7 nitrogen and oxygen atoms in total. The number of carbonyl (C=O) groups excluding carboxylic acids is 1. The molecular formula is C25H34N4O3S. The molecule has 33 heavy (non-hydrogen) atoms. The van der Waals surface area contributed by atoms with E-state index < -0.39 is 10.0 Å². The zero-order chi connectivity index (χ0) is 24.4. The Bertz CT molecular complexity index is 1240. The fourth-order valence-electron chi connectivity index (χ4n) is 3.83. The lowest BCUT2D eigenvalue weighted by Crippen LogP contribution is -2.30. The second kappa shape index (κ2) is 9.65. The van der Waals surface area contributed by atoms with Crippen molar-refractivity contribution in [1.29, 1.82) is 0 Å². The summed E-state index contributed by atoms with van der Waals surface area (Å²) in [6.45, 7) is 10.9. The van der Waals surface area contributed by atoms with E-state index in [1.165, 1.54) is 9.87 Å². The lowest BCUT2D eigenvalue weighted by molar-refractivity contribution is -0.116. The molecule has 0 aliphatic heterocycles. The molecule has 0 fully saturated rings. The number of benzene rings is 2. The summed E-state index contributed by atoms with van der Waals surface area (Å²) in [6, 6.07) is 12.9. The summed E-state index contributed by atoms with van der Waals surface area (Å²) in [5, 5.41) is 2.94. The average molecular weight is 471 g/mol. The molecule has 3 rings (SSSR count). The van der Waals surface area contributed by atoms with E-state index in [2.05, 4.69) is 31.1 Å². The number of nitrogens with one attached hydrogen (secondary N) is 1. The van der Waals surface area contributed by atoms with Crippen LogP contribution in [0.2, 0.25) is 0 Å². The Hall–Kier alpha value is -2.71. The molecule has 0 saturated heterocycles. The van der Waals surface area contributed by atoms with Gasteiger partial charge in [0, 0.05) is 38.7 Å². The van der Waals surface area contributed by atoms with Gasteiger partial charge in [0.2, 0.25) is 15.9 Å². The summed E-state index contributed by atoms with van der Waals surface area (Å²) < 4.78 is 29.0. The molecule has 178 valence electrons. The molecule has 0 bridgehead atoms. The van der Waals surface area contributed by atoms with E-state index in [-0.39, 0.29) is 22.6 Å². The van der Waals surface area contributed by atoms with Crippen LogP contribution in [0.3, 0.4) is 0 Å². The highest BCUT2D eigenvalue weighted by Crippen LogP contribution is 2.24. The summed E-state index contributed by atoms with van der Waals surface area (Å²) in [7, 11) is -1.67. The summed E-state index contributed by atoms with van der Waals surface area (Å²) in [5.74, 6) is 0.649. The van der Waals surface area contributed by atoms with Crippen molar-refractivity contribution in [1.82, 2.24) is 13.9 Å². The van der Waals surface area contributed by atoms with Crippen molar-refractivity contribution >= 4 is 32.7 Å². The van der Waals surface area contributed by atoms with E-state index in [0.29, 0.717) is 25.0 Å². The maximum Gasteiger partial charge on any atom is 0.243 e. The van der Waals surface area contributed by atoms with Crippen molar-refractivity contribution in [3.05, 3.63) is 53.9 Å². The molecule has 0 unspecified atom stereocenters. The number of anilines is 1. The molecule has 2 aromatic carbocycles. The van der Waals surface area contributed by atoms with Crippen molar-refractivity contribution in [3.63, 3.8) is 0 Å². The van der Waals surface area contributed by atoms with Gasteiger partial charge in [-0.2, -0.15) is 4.31 Å². The second-order valence-corrected chi connectivity index (χ2v) is 11.1. The van der Waals surface area contributed by atoms with Crippen LogP contribution in [0.4, 0.5) is 5.69 Å². The molecule has 1 N–H and O–H groups in total. The van der Waals surface area contributed by atoms with Crippen molar-refractivity contribution in [2.24, 2.45) is 7.05 Å². The van der Waals surface area contributed by atoms with E-state index in [1.807, 2.05) is 49.7 Å². The monoisotopic (exact) mass is 470 g/mol. The first-order chi connectivity index (χ1) is 15.5. The van der Waals surface area contributed by atoms with Crippen LogP contribution in [0.1, 0.15) is 52.4 Å². The Morgan fingerprint density at radius 3 is 2.27 bits per heavy atom. The number of carbonyl (C=O) groups is 1. The predicted molar refractivity (Wildman–Crippen MR) is 133 cm³/mol. The van der Waals surface area contributed by atoms with Gasteiger partial charge in [-0.05, 0) is 41.3 Å². The molecule has 0 atom stereocenters. The highest BCUT2D eigenvalue weighted by Gasteiger charge is 2.23. The summed E-state index contributed by atoms with van der Waals surface area (Å²) in [5.41, 5.74) is 3.49. The zero-order valence-electron chi connectivity index (χ0n) is 20.3. The Labute approximate surface area is 196 Å². The lowest BCUT2D eigenvalue weighted by Gasteiger charge is -2.19. The minimum atomic E-state index is -3.55. The number of hydrogen-bond donors (Lipinski definition) is 1. The fraction of sp³-hybridized carbons (Fsp3) is 0.440. The number of amides is 1. The molecule has 1 amide bonds. The highest BCUT2D eigenvalue weighted by molar-refractivity contribution is 7.89. The number of imidazole rings is 1. The predicted octanol–water partition coefficient (Wildman–Crippen LogP) is 4.47. The van der Waals surface area contributed by atoms with Crippen LogP contribution in [0.5, 0.6) is 0 Å². The van der Waals surface area contributed by atoms with Crippen LogP contribution in [0.25, 0.3) is 11.0 Å². The maximum atomic E-state index is 12.8. The maximum absolute atomic E-state index is 12.8. The molecule has 8 heteroatoms. The number of nitrogens with zero attached hydrogens (tertiary/aromatic N) is 3. The number of aryl methyl sites for hydroxylation is 2. The molecule has 0 saturated carbocycles. The van der Waals surface area contributed by atoms with Gasteiger partial charge in [-0.25, -0.2) is 13.4 Å². The molecule has 0 aliphatic rings. The average Bonchev–Trinajstić information content (AvgIpc) is 3.07. The second-order valence-electron chi connectivity index (χ2n) is 9.20. The van der Waals surface area contributed by atoms with Gasteiger partial charge in [0.05, 0.1) is 15.9 Å². The van der Waals surface area contributed by atoms with E-state index in [4.69, 9.17) is 0 Å². The number of aromatic nitrogens is 2. The Morgan fingerprint density at radius 2 is 1.70 bits per heavy atom. The Balaban J connectivity index is 1.72. The van der Waals surface area contributed by atoms with Gasteiger partial charge in [-0.15, -0.1) is 0 Å². The van der Waals surface area contributed by atoms with Crippen LogP contribution in [0.15, 0.2) is 47.4 Å². The minimum Gasteiger partial charge on any atom is -0.331 e. The fourth-order valence-corrected chi connectivity index (χ4v) is 5.31. The first-order valence-electron chi connectivity index (χ1n) is 11.3. The third-order valence-corrected chi connectivity index (χ3v) is 7.94. The molecule has 1 aromatic heterocycles. The SMILES string of the molecule is CCN(CC)S(=O)(=O)c1ccc2c(c1)nc(CCC(=O)Nc1ccc(C(C)(C)C)cc1)n2C. The van der Waals surface area contributed by atoms with E-state index in [0.717, 1.165) is 17.0 Å². The molecular weight excluding hydrogens is 436 g/mol. The topological polar surface area (TPSA) is 84.3 Å². The summed E-state index contributed by atoms with van der Waals surface area (Å²) in [6.07, 6.45) is 0.734. The molecule has 1 heterocycles. The van der Waals surface area contributed by atoms with Crippen LogP contribution >= 0.6 is 0 Å². The van der Waals surface area contributed by atoms with Gasteiger partial charge in [0.15, 0.2) is 0 Å². The minimum absolute atomic E-state index is 0.0628. The van der Waals surface area contributed by atoms with Crippen molar-refractivity contribution in [2.45, 2.75) is 57.8 Å². The largest absolute Gasteiger partial charge is 0.331 e. The van der Waals surface area contributed by atoms with Crippen molar-refractivity contribution in [3.8, 4) is 0 Å². The third-order valence-electron chi connectivity index (χ3n) is 5.90. The molecule has 0 radical (unpaired) electrons. The summed E-state index contributed by atoms with van der Waals surface area (Å²) in [4.78, 5) is 17.3. The zero-order valence-corrected chi connectivity index (χ0v) is 21.2. The first-order valence-corrected chi connectivity index (χ1v) is 12.8. The lowest BCUT2D eigenvalue weighted by atomic mass is 9.87. The van der Waals surface area contributed by atoms with Crippen LogP contribution < -0.4 is 5.32 Å². The van der Waals surface area contributed by atoms with Crippen molar-refractivity contribution < 1.29 is 13.2 Å². The van der Waals surface area contributed by atoms with E-state index >= 15 is 0 Å². The number of sulfonamides is 1. The van der Waals surface area contributed by atoms with E-state index in [9.17, 15) is 13.2 Å². The van der Waals surface area contributed by atoms with Crippen LogP contribution in [-0.4, -0.2) is 41.3 Å². The van der Waals surface area contributed by atoms with Gasteiger partial charge in [0.1, 0.15) is 5.82 Å².